The Hall–Kier alpha value is -1.43. The molecule has 5 heteroatoms. The Morgan fingerprint density at radius 2 is 1.00 bits per heavy atom. The van der Waals surface area contributed by atoms with Crippen LogP contribution < -0.4 is 29.6 Å². The summed E-state index contributed by atoms with van der Waals surface area (Å²) in [6.07, 6.45) is 0. The molecule has 0 radical (unpaired) electrons. The monoisotopic (exact) mass is 330 g/mol. The normalized spacial score (nSPS) is 11.7. The van der Waals surface area contributed by atoms with Gasteiger partial charge in [-0.25, -0.2) is 8.42 Å². The molecular formula is C18H11NaO3S. The quantitative estimate of drug-likeness (QED) is 0.298. The van der Waals surface area contributed by atoms with Crippen LogP contribution in [0, 0.1) is 0 Å². The minimum Gasteiger partial charge on any atom is -0.744 e. The van der Waals surface area contributed by atoms with Crippen molar-refractivity contribution in [1.29, 1.82) is 0 Å². The maximum atomic E-state index is 11.3. The number of fused-ring (bicyclic) bond motifs is 6. The van der Waals surface area contributed by atoms with Crippen LogP contribution in [0.15, 0.2) is 71.6 Å². The summed E-state index contributed by atoms with van der Waals surface area (Å²) in [5.74, 6) is 0. The number of benzene rings is 4. The van der Waals surface area contributed by atoms with Crippen LogP contribution in [0.4, 0.5) is 0 Å². The fourth-order valence-electron chi connectivity index (χ4n) is 3.04. The van der Waals surface area contributed by atoms with Gasteiger partial charge in [0.25, 0.3) is 0 Å². The van der Waals surface area contributed by atoms with Crippen LogP contribution in [0.1, 0.15) is 0 Å². The molecule has 4 aromatic rings. The second-order valence-electron chi connectivity index (χ2n) is 5.25. The van der Waals surface area contributed by atoms with E-state index in [0.717, 1.165) is 32.3 Å². The molecule has 3 nitrogen and oxygen atoms in total. The Bertz CT molecular complexity index is 1120. The predicted octanol–water partition coefficient (Wildman–Crippen LogP) is 1.05. The zero-order chi connectivity index (χ0) is 15.3. The topological polar surface area (TPSA) is 57.2 Å². The molecule has 4 aromatic carbocycles. The van der Waals surface area contributed by atoms with Gasteiger partial charge in [0.2, 0.25) is 0 Å². The van der Waals surface area contributed by atoms with Gasteiger partial charge in [0.15, 0.2) is 0 Å². The molecule has 0 aromatic heterocycles. The maximum absolute atomic E-state index is 11.3. The summed E-state index contributed by atoms with van der Waals surface area (Å²) in [7, 11) is -4.47. The first-order valence-corrected chi connectivity index (χ1v) is 8.26. The number of rotatable bonds is 1. The standard InChI is InChI=1S/C18H12O3S.Na/c19-22(20,21)12-9-10-17-15-7-2-1-5-13(15)14-6-3-4-8-16(14)18(17)11-12;/h1-11H,(H,19,20,21);/q;+1/p-1. The second kappa shape index (κ2) is 5.89. The minimum absolute atomic E-state index is 0. The van der Waals surface area contributed by atoms with Crippen molar-refractivity contribution in [3.05, 3.63) is 66.7 Å². The Labute approximate surface area is 156 Å². The molecule has 0 aliphatic heterocycles. The second-order valence-corrected chi connectivity index (χ2v) is 6.63. The van der Waals surface area contributed by atoms with Gasteiger partial charge in [-0.1, -0.05) is 54.6 Å². The van der Waals surface area contributed by atoms with E-state index in [-0.39, 0.29) is 34.5 Å². The summed E-state index contributed by atoms with van der Waals surface area (Å²) in [5.41, 5.74) is 0. The van der Waals surface area contributed by atoms with E-state index in [0.29, 0.717) is 0 Å². The summed E-state index contributed by atoms with van der Waals surface area (Å²) in [4.78, 5) is -0.194. The first-order valence-electron chi connectivity index (χ1n) is 6.85. The van der Waals surface area contributed by atoms with Crippen LogP contribution in [0.5, 0.6) is 0 Å². The van der Waals surface area contributed by atoms with Crippen molar-refractivity contribution in [1.82, 2.24) is 0 Å². The number of hydrogen-bond donors (Lipinski definition) is 0. The smallest absolute Gasteiger partial charge is 0.744 e. The predicted molar refractivity (Wildman–Crippen MR) is 86.9 cm³/mol. The van der Waals surface area contributed by atoms with Crippen LogP contribution in [-0.2, 0) is 10.1 Å². The molecule has 23 heavy (non-hydrogen) atoms. The Balaban J connectivity index is 0.00000156. The molecule has 0 saturated heterocycles. The van der Waals surface area contributed by atoms with Crippen molar-refractivity contribution in [2.75, 3.05) is 0 Å². The van der Waals surface area contributed by atoms with Crippen LogP contribution >= 0.6 is 0 Å². The number of hydrogen-bond acceptors (Lipinski definition) is 3. The zero-order valence-electron chi connectivity index (χ0n) is 12.5. The van der Waals surface area contributed by atoms with E-state index in [2.05, 4.69) is 6.07 Å². The Morgan fingerprint density at radius 3 is 1.43 bits per heavy atom. The van der Waals surface area contributed by atoms with Crippen molar-refractivity contribution >= 4 is 42.4 Å². The average Bonchev–Trinajstić information content (AvgIpc) is 2.54. The van der Waals surface area contributed by atoms with Crippen molar-refractivity contribution in [2.24, 2.45) is 0 Å². The maximum Gasteiger partial charge on any atom is 1.00 e. The van der Waals surface area contributed by atoms with Gasteiger partial charge in [0, 0.05) is 0 Å². The molecule has 4 rings (SSSR count). The molecule has 0 unspecified atom stereocenters. The third kappa shape index (κ3) is 2.67. The van der Waals surface area contributed by atoms with E-state index in [1.807, 2.05) is 42.5 Å². The molecule has 0 spiro atoms. The summed E-state index contributed by atoms with van der Waals surface area (Å²) < 4.78 is 34.0. The van der Waals surface area contributed by atoms with Crippen molar-refractivity contribution in [3.63, 3.8) is 0 Å². The summed E-state index contributed by atoms with van der Waals surface area (Å²) in [6.45, 7) is 0. The van der Waals surface area contributed by atoms with Gasteiger partial charge in [0.1, 0.15) is 10.1 Å². The molecule has 0 aliphatic carbocycles. The van der Waals surface area contributed by atoms with Crippen LogP contribution in [0.3, 0.4) is 0 Å². The zero-order valence-corrected chi connectivity index (χ0v) is 15.3. The molecule has 0 saturated carbocycles. The molecule has 0 aliphatic rings. The van der Waals surface area contributed by atoms with Gasteiger partial charge in [0.05, 0.1) is 4.90 Å². The van der Waals surface area contributed by atoms with Crippen molar-refractivity contribution < 1.29 is 42.5 Å². The van der Waals surface area contributed by atoms with Crippen LogP contribution in [0.2, 0.25) is 0 Å². The molecule has 0 N–H and O–H groups in total. The van der Waals surface area contributed by atoms with E-state index in [4.69, 9.17) is 0 Å². The van der Waals surface area contributed by atoms with Gasteiger partial charge in [-0.05, 0) is 44.5 Å². The SMILES string of the molecule is O=S(=O)([O-])c1ccc2c3ccccc3c3ccccc3c2c1.[Na+]. The third-order valence-electron chi connectivity index (χ3n) is 4.00. The van der Waals surface area contributed by atoms with E-state index >= 15 is 0 Å². The van der Waals surface area contributed by atoms with Gasteiger partial charge in [-0.3, -0.25) is 0 Å². The van der Waals surface area contributed by atoms with E-state index in [1.54, 1.807) is 6.07 Å². The fourth-order valence-corrected chi connectivity index (χ4v) is 3.54. The molecule has 0 heterocycles. The molecule has 0 atom stereocenters. The van der Waals surface area contributed by atoms with Gasteiger partial charge in [-0.15, -0.1) is 0 Å². The van der Waals surface area contributed by atoms with Crippen LogP contribution in [-0.4, -0.2) is 13.0 Å². The molecule has 0 amide bonds. The fraction of sp³-hybridized carbons (Fsp3) is 0. The van der Waals surface area contributed by atoms with Gasteiger partial charge in [-0.2, -0.15) is 0 Å². The third-order valence-corrected chi connectivity index (χ3v) is 4.84. The van der Waals surface area contributed by atoms with E-state index in [9.17, 15) is 13.0 Å². The first-order chi connectivity index (χ1) is 10.6. The Morgan fingerprint density at radius 1 is 0.609 bits per heavy atom. The first kappa shape index (κ1) is 16.4. The molecular weight excluding hydrogens is 319 g/mol. The Kier molecular flexibility index (Phi) is 4.21. The van der Waals surface area contributed by atoms with Gasteiger partial charge >= 0.3 is 29.6 Å². The minimum atomic E-state index is -4.47. The van der Waals surface area contributed by atoms with E-state index in [1.165, 1.54) is 12.1 Å². The summed E-state index contributed by atoms with van der Waals surface area (Å²) >= 11 is 0. The molecule has 0 fully saturated rings. The molecule has 108 valence electrons. The van der Waals surface area contributed by atoms with Crippen molar-refractivity contribution in [2.45, 2.75) is 4.90 Å². The summed E-state index contributed by atoms with van der Waals surface area (Å²) in [6, 6.07) is 20.4. The average molecular weight is 330 g/mol. The largest absolute Gasteiger partial charge is 1.00 e. The van der Waals surface area contributed by atoms with Crippen molar-refractivity contribution in [3.8, 4) is 0 Å². The van der Waals surface area contributed by atoms with E-state index < -0.39 is 10.1 Å². The van der Waals surface area contributed by atoms with Crippen LogP contribution in [0.25, 0.3) is 32.3 Å². The molecule has 0 bridgehead atoms. The summed E-state index contributed by atoms with van der Waals surface area (Å²) in [5, 5.41) is 5.88. The van der Waals surface area contributed by atoms with Gasteiger partial charge < -0.3 is 4.55 Å².